The third-order valence-electron chi connectivity index (χ3n) is 3.35. The topological polar surface area (TPSA) is 42.7 Å². The summed E-state index contributed by atoms with van der Waals surface area (Å²) in [5.41, 5.74) is 0.679. The van der Waals surface area contributed by atoms with Crippen LogP contribution in [0, 0.1) is 11.7 Å². The van der Waals surface area contributed by atoms with Gasteiger partial charge < -0.3 is 5.32 Å². The first-order valence-corrected chi connectivity index (χ1v) is 7.46. The van der Waals surface area contributed by atoms with Crippen molar-refractivity contribution in [2.24, 2.45) is 5.92 Å². The van der Waals surface area contributed by atoms with Gasteiger partial charge in [-0.2, -0.15) is 5.10 Å². The van der Waals surface area contributed by atoms with E-state index in [2.05, 4.69) is 29.2 Å². The van der Waals surface area contributed by atoms with Crippen molar-refractivity contribution in [2.75, 3.05) is 6.54 Å². The molecule has 5 heteroatoms. The second kappa shape index (κ2) is 7.31. The first-order chi connectivity index (χ1) is 10.1. The molecule has 0 saturated carbocycles. The molecule has 1 atom stereocenters. The molecule has 0 saturated heterocycles. The zero-order valence-corrected chi connectivity index (χ0v) is 12.9. The fourth-order valence-electron chi connectivity index (χ4n) is 2.42. The number of aromatic nitrogens is 3. The minimum absolute atomic E-state index is 0.0914. The van der Waals surface area contributed by atoms with Crippen LogP contribution in [0.1, 0.15) is 38.2 Å². The molecule has 114 valence electrons. The van der Waals surface area contributed by atoms with E-state index >= 15 is 0 Å². The Morgan fingerprint density at radius 1 is 1.29 bits per heavy atom. The number of nitrogens with zero attached hydrogens (tertiary/aromatic N) is 3. The molecule has 0 aliphatic heterocycles. The highest BCUT2D eigenvalue weighted by molar-refractivity contribution is 5.22. The van der Waals surface area contributed by atoms with Crippen LogP contribution in [0.4, 0.5) is 4.39 Å². The quantitative estimate of drug-likeness (QED) is 0.852. The van der Waals surface area contributed by atoms with Crippen LogP contribution in [-0.4, -0.2) is 21.3 Å². The van der Waals surface area contributed by atoms with Gasteiger partial charge in [-0.25, -0.2) is 14.1 Å². The molecular weight excluding hydrogens is 267 g/mol. The Morgan fingerprint density at radius 3 is 2.71 bits per heavy atom. The largest absolute Gasteiger partial charge is 0.310 e. The Bertz CT molecular complexity index is 565. The van der Waals surface area contributed by atoms with Crippen LogP contribution < -0.4 is 5.32 Å². The normalized spacial score (nSPS) is 12.8. The van der Waals surface area contributed by atoms with Crippen molar-refractivity contribution in [1.82, 2.24) is 20.1 Å². The van der Waals surface area contributed by atoms with Gasteiger partial charge in [0.2, 0.25) is 0 Å². The lowest BCUT2D eigenvalue weighted by atomic mass is 10.0. The summed E-state index contributed by atoms with van der Waals surface area (Å²) in [6.45, 7) is 7.91. The molecule has 0 bridgehead atoms. The van der Waals surface area contributed by atoms with Crippen LogP contribution in [0.5, 0.6) is 0 Å². The smallest absolute Gasteiger partial charge is 0.138 e. The molecular formula is C16H23FN4. The summed E-state index contributed by atoms with van der Waals surface area (Å²) >= 11 is 0. The number of rotatable bonds is 7. The number of benzene rings is 1. The van der Waals surface area contributed by atoms with Gasteiger partial charge >= 0.3 is 0 Å². The van der Waals surface area contributed by atoms with Crippen LogP contribution in [0.2, 0.25) is 0 Å². The van der Waals surface area contributed by atoms with Crippen LogP contribution in [0.25, 0.3) is 0 Å². The standard InChI is InChI=1S/C16H23FN4/c1-4-18-15(13-7-5-6-8-14(13)17)9-16-19-11-20-21(16)10-12(2)3/h5-8,11-12,15,18H,4,9-10H2,1-3H3. The molecule has 0 aliphatic rings. The first-order valence-electron chi connectivity index (χ1n) is 7.46. The number of nitrogens with one attached hydrogen (secondary N) is 1. The summed E-state index contributed by atoms with van der Waals surface area (Å²) in [7, 11) is 0. The van der Waals surface area contributed by atoms with Crippen molar-refractivity contribution < 1.29 is 4.39 Å². The lowest BCUT2D eigenvalue weighted by molar-refractivity contribution is 0.441. The van der Waals surface area contributed by atoms with Gasteiger partial charge in [0.25, 0.3) is 0 Å². The van der Waals surface area contributed by atoms with Gasteiger partial charge in [0.15, 0.2) is 0 Å². The summed E-state index contributed by atoms with van der Waals surface area (Å²) in [6, 6.07) is 6.81. The highest BCUT2D eigenvalue weighted by Gasteiger charge is 2.18. The van der Waals surface area contributed by atoms with Crippen molar-refractivity contribution >= 4 is 0 Å². The average molecular weight is 290 g/mol. The third-order valence-corrected chi connectivity index (χ3v) is 3.35. The molecule has 0 spiro atoms. The second-order valence-electron chi connectivity index (χ2n) is 5.59. The van der Waals surface area contributed by atoms with Crippen LogP contribution >= 0.6 is 0 Å². The fourth-order valence-corrected chi connectivity index (χ4v) is 2.42. The van der Waals surface area contributed by atoms with E-state index in [1.54, 1.807) is 12.4 Å². The maximum Gasteiger partial charge on any atom is 0.138 e. The molecule has 1 heterocycles. The fraction of sp³-hybridized carbons (Fsp3) is 0.500. The van der Waals surface area contributed by atoms with E-state index in [0.717, 1.165) is 18.9 Å². The molecule has 21 heavy (non-hydrogen) atoms. The first kappa shape index (κ1) is 15.6. The number of hydrogen-bond donors (Lipinski definition) is 1. The van der Waals surface area contributed by atoms with E-state index < -0.39 is 0 Å². The molecule has 2 aromatic rings. The summed E-state index contributed by atoms with van der Waals surface area (Å²) in [6.07, 6.45) is 2.20. The minimum Gasteiger partial charge on any atom is -0.310 e. The molecule has 1 N–H and O–H groups in total. The summed E-state index contributed by atoms with van der Waals surface area (Å²) in [5.74, 6) is 1.20. The molecule has 1 aromatic heterocycles. The lowest BCUT2D eigenvalue weighted by Crippen LogP contribution is -2.25. The molecule has 0 radical (unpaired) electrons. The molecule has 0 amide bonds. The van der Waals surface area contributed by atoms with Gasteiger partial charge in [-0.05, 0) is 18.5 Å². The van der Waals surface area contributed by atoms with E-state index in [-0.39, 0.29) is 11.9 Å². The van der Waals surface area contributed by atoms with E-state index in [1.807, 2.05) is 23.7 Å². The second-order valence-corrected chi connectivity index (χ2v) is 5.59. The Balaban J connectivity index is 2.21. The molecule has 4 nitrogen and oxygen atoms in total. The zero-order valence-electron chi connectivity index (χ0n) is 12.9. The predicted octanol–water partition coefficient (Wildman–Crippen LogP) is 2.97. The predicted molar refractivity (Wildman–Crippen MR) is 81.4 cm³/mol. The van der Waals surface area contributed by atoms with E-state index in [0.29, 0.717) is 17.9 Å². The van der Waals surface area contributed by atoms with E-state index in [4.69, 9.17) is 0 Å². The van der Waals surface area contributed by atoms with Gasteiger partial charge in [0, 0.05) is 24.6 Å². The summed E-state index contributed by atoms with van der Waals surface area (Å²) < 4.78 is 15.9. The van der Waals surface area contributed by atoms with Gasteiger partial charge in [-0.3, -0.25) is 0 Å². The van der Waals surface area contributed by atoms with Crippen molar-refractivity contribution in [3.63, 3.8) is 0 Å². The van der Waals surface area contributed by atoms with Gasteiger partial charge in [-0.1, -0.05) is 39.0 Å². The van der Waals surface area contributed by atoms with Crippen molar-refractivity contribution in [3.05, 3.63) is 47.8 Å². The van der Waals surface area contributed by atoms with Crippen LogP contribution in [-0.2, 0) is 13.0 Å². The monoisotopic (exact) mass is 290 g/mol. The van der Waals surface area contributed by atoms with Crippen molar-refractivity contribution in [3.8, 4) is 0 Å². The Hall–Kier alpha value is -1.75. The minimum atomic E-state index is -0.182. The molecule has 0 aliphatic carbocycles. The van der Waals surface area contributed by atoms with Gasteiger partial charge in [0.05, 0.1) is 0 Å². The number of halogens is 1. The number of likely N-dealkylation sites (N-methyl/N-ethyl adjacent to an activating group) is 1. The number of hydrogen-bond acceptors (Lipinski definition) is 3. The van der Waals surface area contributed by atoms with Crippen LogP contribution in [0.3, 0.4) is 0 Å². The Morgan fingerprint density at radius 2 is 2.05 bits per heavy atom. The molecule has 1 unspecified atom stereocenters. The summed E-state index contributed by atoms with van der Waals surface area (Å²) in [4.78, 5) is 4.34. The Labute approximate surface area is 125 Å². The maximum atomic E-state index is 14.0. The third kappa shape index (κ3) is 4.11. The molecule has 2 rings (SSSR count). The van der Waals surface area contributed by atoms with Crippen molar-refractivity contribution in [1.29, 1.82) is 0 Å². The van der Waals surface area contributed by atoms with Crippen molar-refractivity contribution in [2.45, 2.75) is 39.8 Å². The SMILES string of the molecule is CCNC(Cc1ncnn1CC(C)C)c1ccccc1F. The maximum absolute atomic E-state index is 14.0. The highest BCUT2D eigenvalue weighted by atomic mass is 19.1. The van der Waals surface area contributed by atoms with E-state index in [9.17, 15) is 4.39 Å². The average Bonchev–Trinajstić information content (AvgIpc) is 2.85. The van der Waals surface area contributed by atoms with Gasteiger partial charge in [-0.15, -0.1) is 0 Å². The highest BCUT2D eigenvalue weighted by Crippen LogP contribution is 2.20. The van der Waals surface area contributed by atoms with Gasteiger partial charge in [0.1, 0.15) is 18.0 Å². The zero-order chi connectivity index (χ0) is 15.2. The van der Waals surface area contributed by atoms with E-state index in [1.165, 1.54) is 6.07 Å². The summed E-state index contributed by atoms with van der Waals surface area (Å²) in [5, 5.41) is 7.61. The molecule has 0 fully saturated rings. The van der Waals surface area contributed by atoms with Crippen LogP contribution in [0.15, 0.2) is 30.6 Å². The Kier molecular flexibility index (Phi) is 5.44. The lowest BCUT2D eigenvalue weighted by Gasteiger charge is -2.19. The molecule has 1 aromatic carbocycles.